The first kappa shape index (κ1) is 14.2. The highest BCUT2D eigenvalue weighted by Crippen LogP contribution is 2.16. The van der Waals surface area contributed by atoms with Crippen LogP contribution in [0.1, 0.15) is 0 Å². The number of halogens is 1. The van der Waals surface area contributed by atoms with E-state index in [1.807, 2.05) is 4.90 Å². The molecule has 1 aliphatic rings. The molecule has 1 aromatic heterocycles. The largest absolute Gasteiger partial charge is 0.342 e. The number of anilines is 3. The first-order valence-electron chi connectivity index (χ1n) is 6.91. The lowest BCUT2D eigenvalue weighted by atomic mass is 10.3. The Balaban J connectivity index is 1.70. The highest BCUT2D eigenvalue weighted by Gasteiger charge is 2.18. The molecule has 114 valence electrons. The van der Waals surface area contributed by atoms with Crippen LogP contribution in [-0.2, 0) is 4.79 Å². The molecule has 0 atom stereocenters. The van der Waals surface area contributed by atoms with Gasteiger partial charge in [0.25, 0.3) is 0 Å². The summed E-state index contributed by atoms with van der Waals surface area (Å²) in [6.45, 7) is 2.62. The van der Waals surface area contributed by atoms with Gasteiger partial charge in [-0.15, -0.1) is 5.10 Å². The van der Waals surface area contributed by atoms with Crippen LogP contribution < -0.4 is 10.2 Å². The first-order chi connectivity index (χ1) is 10.7. The maximum Gasteiger partial charge on any atom is 0.247 e. The molecular weight excluding hydrogens is 287 g/mol. The molecule has 2 aromatic rings. The zero-order valence-electron chi connectivity index (χ0n) is 11.8. The van der Waals surface area contributed by atoms with Crippen LogP contribution in [0, 0.1) is 5.82 Å². The van der Waals surface area contributed by atoms with Gasteiger partial charge in [0.2, 0.25) is 12.4 Å². The maximum atomic E-state index is 12.9. The molecule has 22 heavy (non-hydrogen) atoms. The third-order valence-electron chi connectivity index (χ3n) is 3.41. The molecule has 0 spiro atoms. The number of hydrogen-bond donors (Lipinski definition) is 1. The number of carbonyl (C=O) groups is 1. The SMILES string of the molecule is O=CN1CCN(c2nncc(Nc3ccc(F)cc3)n2)CC1. The van der Waals surface area contributed by atoms with Crippen molar-refractivity contribution in [2.75, 3.05) is 36.4 Å². The summed E-state index contributed by atoms with van der Waals surface area (Å²) in [5, 5.41) is 11.0. The quantitative estimate of drug-likeness (QED) is 0.850. The van der Waals surface area contributed by atoms with E-state index in [4.69, 9.17) is 0 Å². The second-order valence-electron chi connectivity index (χ2n) is 4.90. The van der Waals surface area contributed by atoms with E-state index in [-0.39, 0.29) is 5.82 Å². The summed E-state index contributed by atoms with van der Waals surface area (Å²) >= 11 is 0. The fourth-order valence-electron chi connectivity index (χ4n) is 2.20. The second kappa shape index (κ2) is 6.33. The van der Waals surface area contributed by atoms with Gasteiger partial charge in [0.15, 0.2) is 5.82 Å². The minimum atomic E-state index is -0.292. The van der Waals surface area contributed by atoms with Crippen LogP contribution in [0.5, 0.6) is 0 Å². The first-order valence-corrected chi connectivity index (χ1v) is 6.91. The highest BCUT2D eigenvalue weighted by molar-refractivity contribution is 5.56. The fraction of sp³-hybridized carbons (Fsp3) is 0.286. The van der Waals surface area contributed by atoms with Crippen molar-refractivity contribution in [1.29, 1.82) is 0 Å². The lowest BCUT2D eigenvalue weighted by Crippen LogP contribution is -2.46. The molecule has 3 rings (SSSR count). The number of carbonyl (C=O) groups excluding carboxylic acids is 1. The van der Waals surface area contributed by atoms with Crippen LogP contribution in [0.15, 0.2) is 30.5 Å². The molecule has 0 unspecified atom stereocenters. The number of nitrogens with zero attached hydrogens (tertiary/aromatic N) is 5. The summed E-state index contributed by atoms with van der Waals surface area (Å²) in [5.74, 6) is 0.757. The van der Waals surface area contributed by atoms with Gasteiger partial charge in [-0.1, -0.05) is 0 Å². The predicted octanol–water partition coefficient (Wildman–Crippen LogP) is 1.03. The van der Waals surface area contributed by atoms with E-state index in [2.05, 4.69) is 20.5 Å². The zero-order chi connectivity index (χ0) is 15.4. The van der Waals surface area contributed by atoms with Crippen LogP contribution >= 0.6 is 0 Å². The maximum absolute atomic E-state index is 12.9. The molecule has 1 N–H and O–H groups in total. The molecule has 1 saturated heterocycles. The van der Waals surface area contributed by atoms with E-state index in [1.165, 1.54) is 18.3 Å². The van der Waals surface area contributed by atoms with Crippen molar-refractivity contribution in [1.82, 2.24) is 20.1 Å². The van der Waals surface area contributed by atoms with Crippen LogP contribution in [-0.4, -0.2) is 52.7 Å². The zero-order valence-corrected chi connectivity index (χ0v) is 11.8. The fourth-order valence-corrected chi connectivity index (χ4v) is 2.20. The van der Waals surface area contributed by atoms with Crippen LogP contribution in [0.3, 0.4) is 0 Å². The Morgan fingerprint density at radius 2 is 1.86 bits per heavy atom. The molecule has 1 aromatic carbocycles. The molecular formula is C14H15FN6O. The van der Waals surface area contributed by atoms with Crippen LogP contribution in [0.2, 0.25) is 0 Å². The van der Waals surface area contributed by atoms with E-state index < -0.39 is 0 Å². The molecule has 8 heteroatoms. The monoisotopic (exact) mass is 302 g/mol. The summed E-state index contributed by atoms with van der Waals surface area (Å²) in [7, 11) is 0. The van der Waals surface area contributed by atoms with Crippen molar-refractivity contribution < 1.29 is 9.18 Å². The van der Waals surface area contributed by atoms with Gasteiger partial charge in [0.05, 0.1) is 6.20 Å². The van der Waals surface area contributed by atoms with Crippen LogP contribution in [0.4, 0.5) is 21.8 Å². The van der Waals surface area contributed by atoms with E-state index in [9.17, 15) is 9.18 Å². The molecule has 0 radical (unpaired) electrons. The summed E-state index contributed by atoms with van der Waals surface area (Å²) in [4.78, 5) is 18.8. The molecule has 7 nitrogen and oxygen atoms in total. The Hall–Kier alpha value is -2.77. The standard InChI is InChI=1S/C14H15FN6O/c15-11-1-3-12(4-2-11)17-13-9-16-19-14(18-13)21-7-5-20(10-22)6-8-21/h1-4,9-10H,5-8H2,(H,17,18,19). The number of amides is 1. The third-order valence-corrected chi connectivity index (χ3v) is 3.41. The lowest BCUT2D eigenvalue weighted by Gasteiger charge is -2.32. The molecule has 0 bridgehead atoms. The van der Waals surface area contributed by atoms with Gasteiger partial charge in [0, 0.05) is 31.9 Å². The van der Waals surface area contributed by atoms with Crippen molar-refractivity contribution in [3.63, 3.8) is 0 Å². The second-order valence-corrected chi connectivity index (χ2v) is 4.90. The van der Waals surface area contributed by atoms with E-state index in [1.54, 1.807) is 17.0 Å². The number of piperazine rings is 1. The minimum Gasteiger partial charge on any atom is -0.342 e. The summed E-state index contributed by atoms with van der Waals surface area (Å²) in [6.07, 6.45) is 2.36. The Bertz CT molecular complexity index is 642. The Labute approximate surface area is 126 Å². The number of aromatic nitrogens is 3. The number of benzene rings is 1. The summed E-state index contributed by atoms with van der Waals surface area (Å²) in [6, 6.07) is 5.99. The average molecular weight is 302 g/mol. The molecule has 1 amide bonds. The minimum absolute atomic E-state index is 0.292. The molecule has 1 aliphatic heterocycles. The van der Waals surface area contributed by atoms with Gasteiger partial charge < -0.3 is 15.1 Å². The molecule has 0 saturated carbocycles. The molecule has 2 heterocycles. The van der Waals surface area contributed by atoms with Crippen molar-refractivity contribution in [3.8, 4) is 0 Å². The van der Waals surface area contributed by atoms with Crippen molar-refractivity contribution >= 4 is 23.9 Å². The topological polar surface area (TPSA) is 74.2 Å². The molecule has 0 aliphatic carbocycles. The number of hydrogen-bond acceptors (Lipinski definition) is 6. The van der Waals surface area contributed by atoms with E-state index in [0.29, 0.717) is 37.9 Å². The van der Waals surface area contributed by atoms with Gasteiger partial charge in [-0.05, 0) is 24.3 Å². The van der Waals surface area contributed by atoms with Gasteiger partial charge in [-0.25, -0.2) is 4.39 Å². The Kier molecular flexibility index (Phi) is 4.08. The van der Waals surface area contributed by atoms with Gasteiger partial charge in [0.1, 0.15) is 5.82 Å². The van der Waals surface area contributed by atoms with Crippen molar-refractivity contribution in [3.05, 3.63) is 36.3 Å². The summed E-state index contributed by atoms with van der Waals surface area (Å²) < 4.78 is 12.9. The van der Waals surface area contributed by atoms with Crippen molar-refractivity contribution in [2.45, 2.75) is 0 Å². The van der Waals surface area contributed by atoms with Crippen LogP contribution in [0.25, 0.3) is 0 Å². The number of rotatable bonds is 4. The molecule has 1 fully saturated rings. The lowest BCUT2D eigenvalue weighted by molar-refractivity contribution is -0.118. The van der Waals surface area contributed by atoms with E-state index in [0.717, 1.165) is 12.1 Å². The smallest absolute Gasteiger partial charge is 0.247 e. The average Bonchev–Trinajstić information content (AvgIpc) is 2.57. The van der Waals surface area contributed by atoms with Gasteiger partial charge in [-0.2, -0.15) is 10.1 Å². The third kappa shape index (κ3) is 3.27. The van der Waals surface area contributed by atoms with Gasteiger partial charge in [-0.3, -0.25) is 4.79 Å². The van der Waals surface area contributed by atoms with E-state index >= 15 is 0 Å². The van der Waals surface area contributed by atoms with Crippen molar-refractivity contribution in [2.24, 2.45) is 0 Å². The summed E-state index contributed by atoms with van der Waals surface area (Å²) in [5.41, 5.74) is 0.721. The Morgan fingerprint density at radius 3 is 2.55 bits per heavy atom. The predicted molar refractivity (Wildman–Crippen MR) is 79.4 cm³/mol. The normalized spacial score (nSPS) is 14.8. The van der Waals surface area contributed by atoms with Gasteiger partial charge >= 0.3 is 0 Å². The Morgan fingerprint density at radius 1 is 1.14 bits per heavy atom. The highest BCUT2D eigenvalue weighted by atomic mass is 19.1. The number of nitrogens with one attached hydrogen (secondary N) is 1.